The number of carbonyl (C=O) groups is 1. The van der Waals surface area contributed by atoms with E-state index in [4.69, 9.17) is 9.97 Å². The number of fused-ring (bicyclic) bond motifs is 3. The van der Waals surface area contributed by atoms with E-state index in [1.807, 2.05) is 40.7 Å². The smallest absolute Gasteiger partial charge is 0.264 e. The van der Waals surface area contributed by atoms with E-state index in [9.17, 15) is 9.59 Å². The molecule has 0 saturated carbocycles. The van der Waals surface area contributed by atoms with Crippen molar-refractivity contribution in [1.82, 2.24) is 24.4 Å². The van der Waals surface area contributed by atoms with Crippen LogP contribution in [-0.2, 0) is 13.0 Å². The van der Waals surface area contributed by atoms with Crippen LogP contribution >= 0.6 is 11.3 Å². The van der Waals surface area contributed by atoms with Gasteiger partial charge >= 0.3 is 0 Å². The number of aromatic nitrogens is 4. The second-order valence-electron chi connectivity index (χ2n) is 9.26. The Balaban J connectivity index is 1.32. The van der Waals surface area contributed by atoms with Gasteiger partial charge in [-0.25, -0.2) is 9.97 Å². The standard InChI is InChI=1S/C25H27N5O2S/c1-15-20-23(28-19-11-3-2-6-13-30(19)24(20)31)33-21(15)25(32)29-12-7-8-16(14-29)22-26-17-9-4-5-10-18(17)27-22/h4-5,9-10,16H,2-3,6-8,11-14H2,1H3,(H,26,27). The quantitative estimate of drug-likeness (QED) is 0.480. The molecule has 5 heterocycles. The fourth-order valence-electron chi connectivity index (χ4n) is 5.31. The summed E-state index contributed by atoms with van der Waals surface area (Å²) < 4.78 is 1.84. The average Bonchev–Trinajstić information content (AvgIpc) is 3.32. The van der Waals surface area contributed by atoms with Gasteiger partial charge in [-0.05, 0) is 50.3 Å². The summed E-state index contributed by atoms with van der Waals surface area (Å²) in [6.45, 7) is 3.99. The minimum absolute atomic E-state index is 0.0101. The van der Waals surface area contributed by atoms with Gasteiger partial charge in [0.15, 0.2) is 0 Å². The zero-order valence-electron chi connectivity index (χ0n) is 18.8. The van der Waals surface area contributed by atoms with E-state index < -0.39 is 0 Å². The SMILES string of the molecule is Cc1c(C(=O)N2CCCC(c3nc4ccccc4[nH]3)C2)sc2nc3n(c(=O)c12)CCCCC3. The van der Waals surface area contributed by atoms with Crippen molar-refractivity contribution in [2.24, 2.45) is 0 Å². The third kappa shape index (κ3) is 3.47. The van der Waals surface area contributed by atoms with E-state index in [0.29, 0.717) is 21.6 Å². The zero-order valence-corrected chi connectivity index (χ0v) is 19.6. The van der Waals surface area contributed by atoms with Gasteiger partial charge < -0.3 is 9.88 Å². The Morgan fingerprint density at radius 3 is 2.88 bits per heavy atom. The van der Waals surface area contributed by atoms with Crippen molar-refractivity contribution in [3.63, 3.8) is 0 Å². The molecule has 2 aliphatic rings. The van der Waals surface area contributed by atoms with Crippen LogP contribution in [0, 0.1) is 6.92 Å². The third-order valence-electron chi connectivity index (χ3n) is 7.11. The number of carbonyl (C=O) groups excluding carboxylic acids is 1. The predicted octanol–water partition coefficient (Wildman–Crippen LogP) is 4.39. The Morgan fingerprint density at radius 2 is 2.00 bits per heavy atom. The van der Waals surface area contributed by atoms with Crippen molar-refractivity contribution in [1.29, 1.82) is 0 Å². The van der Waals surface area contributed by atoms with Crippen LogP contribution in [-0.4, -0.2) is 43.4 Å². The van der Waals surface area contributed by atoms with E-state index >= 15 is 0 Å². The second-order valence-corrected chi connectivity index (χ2v) is 10.3. The second kappa shape index (κ2) is 8.09. The van der Waals surface area contributed by atoms with Crippen molar-refractivity contribution in [3.05, 3.63) is 56.7 Å². The highest BCUT2D eigenvalue weighted by atomic mass is 32.1. The molecule has 1 atom stereocenters. The average molecular weight is 462 g/mol. The van der Waals surface area contributed by atoms with Gasteiger partial charge in [-0.15, -0.1) is 11.3 Å². The normalized spacial score (nSPS) is 19.1. The molecule has 6 rings (SSSR count). The maximum absolute atomic E-state index is 13.6. The van der Waals surface area contributed by atoms with E-state index in [0.717, 1.165) is 79.9 Å². The Kier molecular flexibility index (Phi) is 5.05. The van der Waals surface area contributed by atoms with Crippen LogP contribution in [0.3, 0.4) is 0 Å². The van der Waals surface area contributed by atoms with Crippen LogP contribution < -0.4 is 5.56 Å². The van der Waals surface area contributed by atoms with E-state index in [2.05, 4.69) is 4.98 Å². The number of hydrogen-bond acceptors (Lipinski definition) is 5. The number of piperidine rings is 1. The Morgan fingerprint density at radius 1 is 1.12 bits per heavy atom. The summed E-state index contributed by atoms with van der Waals surface area (Å²) >= 11 is 1.38. The molecule has 3 aromatic heterocycles. The van der Waals surface area contributed by atoms with Gasteiger partial charge in [0.25, 0.3) is 11.5 Å². The first kappa shape index (κ1) is 20.6. The first-order valence-electron chi connectivity index (χ1n) is 11.9. The first-order valence-corrected chi connectivity index (χ1v) is 12.7. The number of hydrogen-bond donors (Lipinski definition) is 1. The van der Waals surface area contributed by atoms with Gasteiger partial charge in [0.2, 0.25) is 0 Å². The van der Waals surface area contributed by atoms with Gasteiger partial charge in [-0.3, -0.25) is 14.2 Å². The molecule has 0 aliphatic carbocycles. The summed E-state index contributed by atoms with van der Waals surface area (Å²) in [5.41, 5.74) is 2.79. The van der Waals surface area contributed by atoms with Gasteiger partial charge in [0.1, 0.15) is 16.5 Å². The summed E-state index contributed by atoms with van der Waals surface area (Å²) in [7, 11) is 0. The number of amides is 1. The molecule has 2 aliphatic heterocycles. The molecule has 7 nitrogen and oxygen atoms in total. The molecule has 0 bridgehead atoms. The Hall–Kier alpha value is -3.00. The van der Waals surface area contributed by atoms with Crippen LogP contribution in [0.2, 0.25) is 0 Å². The Bertz CT molecular complexity index is 1400. The number of para-hydroxylation sites is 2. The number of aryl methyl sites for hydroxylation is 2. The molecular formula is C25H27N5O2S. The van der Waals surface area contributed by atoms with Gasteiger partial charge in [-0.2, -0.15) is 0 Å². The van der Waals surface area contributed by atoms with Crippen molar-refractivity contribution in [3.8, 4) is 0 Å². The fraction of sp³-hybridized carbons (Fsp3) is 0.440. The molecule has 1 amide bonds. The number of H-pyrrole nitrogens is 1. The monoisotopic (exact) mass is 461 g/mol. The topological polar surface area (TPSA) is 83.9 Å². The number of imidazole rings is 1. The molecule has 0 radical (unpaired) electrons. The van der Waals surface area contributed by atoms with Crippen molar-refractivity contribution in [2.45, 2.75) is 57.9 Å². The number of aromatic amines is 1. The molecule has 1 fully saturated rings. The molecule has 1 saturated heterocycles. The maximum Gasteiger partial charge on any atom is 0.264 e. The van der Waals surface area contributed by atoms with Crippen LogP contribution in [0.25, 0.3) is 21.3 Å². The predicted molar refractivity (Wildman–Crippen MR) is 130 cm³/mol. The third-order valence-corrected chi connectivity index (χ3v) is 8.28. The lowest BCUT2D eigenvalue weighted by Crippen LogP contribution is -2.39. The largest absolute Gasteiger partial charge is 0.342 e. The van der Waals surface area contributed by atoms with Crippen molar-refractivity contribution < 1.29 is 4.79 Å². The molecule has 0 spiro atoms. The summed E-state index contributed by atoms with van der Waals surface area (Å²) in [4.78, 5) is 43.2. The van der Waals surface area contributed by atoms with Gasteiger partial charge in [0.05, 0.1) is 21.3 Å². The van der Waals surface area contributed by atoms with E-state index in [1.54, 1.807) is 0 Å². The molecule has 1 aromatic carbocycles. The lowest BCUT2D eigenvalue weighted by molar-refractivity contribution is 0.0709. The van der Waals surface area contributed by atoms with E-state index in [-0.39, 0.29) is 17.4 Å². The van der Waals surface area contributed by atoms with Crippen molar-refractivity contribution in [2.75, 3.05) is 13.1 Å². The molecule has 33 heavy (non-hydrogen) atoms. The minimum atomic E-state index is 0.0101. The maximum atomic E-state index is 13.6. The highest BCUT2D eigenvalue weighted by Gasteiger charge is 2.30. The van der Waals surface area contributed by atoms with Crippen LogP contribution in [0.4, 0.5) is 0 Å². The lowest BCUT2D eigenvalue weighted by atomic mass is 9.97. The Labute approximate surface area is 195 Å². The summed E-state index contributed by atoms with van der Waals surface area (Å²) in [6.07, 6.45) is 5.96. The summed E-state index contributed by atoms with van der Waals surface area (Å²) in [5.74, 6) is 2.01. The van der Waals surface area contributed by atoms with Gasteiger partial charge in [-0.1, -0.05) is 18.6 Å². The fourth-order valence-corrected chi connectivity index (χ4v) is 6.47. The highest BCUT2D eigenvalue weighted by Crippen LogP contribution is 2.32. The number of nitrogens with one attached hydrogen (secondary N) is 1. The van der Waals surface area contributed by atoms with Crippen LogP contribution in [0.15, 0.2) is 29.1 Å². The summed E-state index contributed by atoms with van der Waals surface area (Å²) in [6, 6.07) is 8.03. The number of rotatable bonds is 2. The minimum Gasteiger partial charge on any atom is -0.342 e. The van der Waals surface area contributed by atoms with Crippen LogP contribution in [0.5, 0.6) is 0 Å². The number of benzene rings is 1. The highest BCUT2D eigenvalue weighted by molar-refractivity contribution is 7.20. The zero-order chi connectivity index (χ0) is 22.5. The molecular weight excluding hydrogens is 434 g/mol. The molecule has 1 N–H and O–H groups in total. The summed E-state index contributed by atoms with van der Waals surface area (Å²) in [5, 5.41) is 0.625. The first-order chi connectivity index (χ1) is 16.1. The lowest BCUT2D eigenvalue weighted by Gasteiger charge is -2.31. The number of likely N-dealkylation sites (tertiary alicyclic amines) is 1. The molecule has 1 unspecified atom stereocenters. The van der Waals surface area contributed by atoms with Crippen molar-refractivity contribution >= 4 is 38.5 Å². The molecule has 8 heteroatoms. The molecule has 170 valence electrons. The number of thiophene rings is 1. The van der Waals surface area contributed by atoms with E-state index in [1.165, 1.54) is 11.3 Å². The molecule has 4 aromatic rings. The van der Waals surface area contributed by atoms with Crippen LogP contribution in [0.1, 0.15) is 64.9 Å². The van der Waals surface area contributed by atoms with Gasteiger partial charge in [0, 0.05) is 32.0 Å². The number of nitrogens with zero attached hydrogens (tertiary/aromatic N) is 4.